The van der Waals surface area contributed by atoms with Crippen LogP contribution in [0.1, 0.15) is 44.7 Å². The van der Waals surface area contributed by atoms with Crippen LogP contribution in [0.4, 0.5) is 34.3 Å². The first kappa shape index (κ1) is 32.2. The highest BCUT2D eigenvalue weighted by Gasteiger charge is 2.39. The molecule has 2 amide bonds. The Morgan fingerprint density at radius 1 is 1.12 bits per heavy atom. The number of aromatic nitrogens is 1. The van der Waals surface area contributed by atoms with Gasteiger partial charge in [-0.2, -0.15) is 0 Å². The van der Waals surface area contributed by atoms with Crippen LogP contribution >= 0.6 is 11.3 Å². The van der Waals surface area contributed by atoms with E-state index in [1.165, 1.54) is 37.7 Å². The molecule has 0 radical (unpaired) electrons. The lowest BCUT2D eigenvalue weighted by molar-refractivity contribution is 0.0608. The minimum atomic E-state index is -5.21. The highest BCUT2D eigenvalue weighted by Crippen LogP contribution is 2.32. The summed E-state index contributed by atoms with van der Waals surface area (Å²) in [5.74, 6) is -3.58. The second-order valence-electron chi connectivity index (χ2n) is 11.1. The summed E-state index contributed by atoms with van der Waals surface area (Å²) in [4.78, 5) is 29.6. The monoisotopic (exact) mass is 640 g/mol. The van der Waals surface area contributed by atoms with Crippen molar-refractivity contribution in [3.8, 4) is 0 Å². The summed E-state index contributed by atoms with van der Waals surface area (Å²) in [7, 11) is -3.29. The molecule has 1 fully saturated rings. The highest BCUT2D eigenvalue weighted by atomic mass is 32.2. The van der Waals surface area contributed by atoms with Crippen LogP contribution in [0.15, 0.2) is 46.1 Å². The van der Waals surface area contributed by atoms with Crippen molar-refractivity contribution in [1.29, 1.82) is 0 Å². The van der Waals surface area contributed by atoms with Crippen molar-refractivity contribution in [2.24, 2.45) is 5.92 Å². The van der Waals surface area contributed by atoms with Gasteiger partial charge in [-0.15, -0.1) is 15.6 Å². The number of carbonyl (C=O) groups excluding carboxylic acids is 2. The number of rotatable bonds is 10. The molecule has 0 atom stereocenters. The number of benzene rings is 2. The Morgan fingerprint density at radius 2 is 1.79 bits per heavy atom. The average Bonchev–Trinajstić information content (AvgIpc) is 3.52. The van der Waals surface area contributed by atoms with Crippen LogP contribution in [0.3, 0.4) is 0 Å². The number of nitrogens with one attached hydrogen (secondary N) is 1. The summed E-state index contributed by atoms with van der Waals surface area (Å²) in [6, 6.07) is 5.61. The van der Waals surface area contributed by atoms with E-state index in [9.17, 15) is 22.4 Å². The van der Waals surface area contributed by atoms with Gasteiger partial charge >= 0.3 is 12.2 Å². The number of ether oxygens (including phenoxy) is 2. The molecule has 232 valence electrons. The summed E-state index contributed by atoms with van der Waals surface area (Å²) in [5.41, 5.74) is 0.391. The van der Waals surface area contributed by atoms with E-state index in [1.54, 1.807) is 12.1 Å². The molecule has 1 aliphatic carbocycles. The van der Waals surface area contributed by atoms with Gasteiger partial charge in [0.2, 0.25) is 0 Å². The normalized spacial score (nSPS) is 13.6. The molecule has 1 saturated carbocycles. The van der Waals surface area contributed by atoms with Crippen LogP contribution < -0.4 is 9.62 Å². The van der Waals surface area contributed by atoms with Gasteiger partial charge in [0, 0.05) is 29.7 Å². The van der Waals surface area contributed by atoms with Crippen LogP contribution in [0.5, 0.6) is 0 Å². The maximum atomic E-state index is 15.2. The van der Waals surface area contributed by atoms with Gasteiger partial charge < -0.3 is 14.4 Å². The van der Waals surface area contributed by atoms with Crippen LogP contribution in [0.25, 0.3) is 0 Å². The summed E-state index contributed by atoms with van der Waals surface area (Å²) in [6.45, 7) is 5.29. The lowest BCUT2D eigenvalue weighted by Crippen LogP contribution is -2.41. The van der Waals surface area contributed by atoms with Crippen molar-refractivity contribution in [3.05, 3.63) is 69.8 Å². The molecule has 1 N–H and O–H groups in total. The Bertz CT molecular complexity index is 1570. The van der Waals surface area contributed by atoms with E-state index in [0.29, 0.717) is 30.2 Å². The van der Waals surface area contributed by atoms with Gasteiger partial charge in [-0.25, -0.2) is 36.2 Å². The number of sulfonamides is 1. The zero-order valence-electron chi connectivity index (χ0n) is 23.9. The number of hydrogen-bond donors (Lipinski definition) is 1. The third kappa shape index (κ3) is 8.24. The minimum Gasteiger partial charge on any atom is -0.444 e. The Balaban J connectivity index is 1.50. The van der Waals surface area contributed by atoms with Crippen molar-refractivity contribution in [2.45, 2.75) is 57.3 Å². The van der Waals surface area contributed by atoms with Gasteiger partial charge in [-0.3, -0.25) is 5.32 Å². The maximum absolute atomic E-state index is 15.2. The predicted molar refractivity (Wildman–Crippen MR) is 154 cm³/mol. The third-order valence-electron chi connectivity index (χ3n) is 6.20. The summed E-state index contributed by atoms with van der Waals surface area (Å²) in [5, 5.41) is 3.30. The number of anilines is 2. The van der Waals surface area contributed by atoms with Crippen LogP contribution in [0.2, 0.25) is 0 Å². The zero-order valence-corrected chi connectivity index (χ0v) is 25.5. The van der Waals surface area contributed by atoms with Crippen molar-refractivity contribution >= 4 is 45.1 Å². The SMILES string of the molecule is CN(Cc1cccc(F)c1COC(=O)Nc1cc(F)c(S(=O)(=O)N(C(=O)OC(C)(C)C)c2cscn2)c(F)c1)CC1CC1. The standard InChI is InChI=1S/C28H31F3N4O6S2/c1-28(2,3)41-27(37)35(24-15-42-16-32-24)43(38,39)25-22(30)10-19(11-23(25)31)33-26(36)40-14-20-18(6-5-7-21(20)29)13-34(4)12-17-8-9-17/h5-7,10-11,15-17H,8-9,12-14H2,1-4H3,(H,33,36). The van der Waals surface area contributed by atoms with Crippen molar-refractivity contribution in [3.63, 3.8) is 0 Å². The molecule has 1 aromatic heterocycles. The lowest BCUT2D eigenvalue weighted by atomic mass is 10.1. The molecule has 2 aromatic carbocycles. The smallest absolute Gasteiger partial charge is 0.430 e. The number of thiazole rings is 1. The van der Waals surface area contributed by atoms with Crippen molar-refractivity contribution in [2.75, 3.05) is 23.2 Å². The second kappa shape index (κ2) is 12.9. The first-order chi connectivity index (χ1) is 20.2. The van der Waals surface area contributed by atoms with Gasteiger partial charge in [-0.05, 0) is 70.3 Å². The van der Waals surface area contributed by atoms with Crippen molar-refractivity contribution in [1.82, 2.24) is 9.88 Å². The molecule has 15 heteroatoms. The number of amides is 2. The van der Waals surface area contributed by atoms with E-state index < -0.39 is 68.3 Å². The zero-order chi connectivity index (χ0) is 31.5. The Morgan fingerprint density at radius 3 is 2.37 bits per heavy atom. The summed E-state index contributed by atoms with van der Waals surface area (Å²) < 4.78 is 82.0. The van der Waals surface area contributed by atoms with Crippen LogP contribution in [-0.4, -0.2) is 49.7 Å². The number of carbonyl (C=O) groups is 2. The predicted octanol–water partition coefficient (Wildman–Crippen LogP) is 6.28. The van der Waals surface area contributed by atoms with E-state index >= 15 is 8.78 Å². The Labute approximate surface area is 251 Å². The first-order valence-corrected chi connectivity index (χ1v) is 15.6. The Kier molecular flexibility index (Phi) is 9.66. The van der Waals surface area contributed by atoms with Crippen LogP contribution in [-0.2, 0) is 32.6 Å². The first-order valence-electron chi connectivity index (χ1n) is 13.2. The molecule has 10 nitrogen and oxygen atoms in total. The molecule has 0 aliphatic heterocycles. The molecule has 4 rings (SSSR count). The third-order valence-corrected chi connectivity index (χ3v) is 8.50. The largest absolute Gasteiger partial charge is 0.444 e. The van der Waals surface area contributed by atoms with Crippen molar-refractivity contribution < 1.29 is 40.7 Å². The maximum Gasteiger partial charge on any atom is 0.430 e. The fraction of sp³-hybridized carbons (Fsp3) is 0.393. The molecule has 0 saturated heterocycles. The van der Waals surface area contributed by atoms with E-state index in [-0.39, 0.29) is 9.87 Å². The number of halogens is 3. The molecule has 1 heterocycles. The van der Waals surface area contributed by atoms with Gasteiger partial charge in [0.25, 0.3) is 10.0 Å². The molecule has 0 spiro atoms. The number of nitrogens with zero attached hydrogens (tertiary/aromatic N) is 3. The highest BCUT2D eigenvalue weighted by molar-refractivity contribution is 7.93. The van der Waals surface area contributed by atoms with Gasteiger partial charge in [0.05, 0.1) is 5.51 Å². The minimum absolute atomic E-state index is 0.0612. The van der Waals surface area contributed by atoms with Gasteiger partial charge in [0.15, 0.2) is 10.7 Å². The van der Waals surface area contributed by atoms with E-state index in [1.807, 2.05) is 7.05 Å². The average molecular weight is 641 g/mol. The van der Waals surface area contributed by atoms with Gasteiger partial charge in [0.1, 0.15) is 29.7 Å². The topological polar surface area (TPSA) is 118 Å². The van der Waals surface area contributed by atoms with E-state index in [4.69, 9.17) is 9.47 Å². The molecule has 43 heavy (non-hydrogen) atoms. The summed E-state index contributed by atoms with van der Waals surface area (Å²) >= 11 is 0.945. The fourth-order valence-electron chi connectivity index (χ4n) is 4.20. The lowest BCUT2D eigenvalue weighted by Gasteiger charge is -2.26. The van der Waals surface area contributed by atoms with E-state index in [0.717, 1.165) is 30.7 Å². The molecular weight excluding hydrogens is 609 g/mol. The molecule has 1 aliphatic rings. The molecule has 0 bridgehead atoms. The van der Waals surface area contributed by atoms with Gasteiger partial charge in [-0.1, -0.05) is 12.1 Å². The van der Waals surface area contributed by atoms with E-state index in [2.05, 4.69) is 15.2 Å². The molecule has 0 unspecified atom stereocenters. The molecule has 3 aromatic rings. The molecular formula is C28H31F3N4O6S2. The quantitative estimate of drug-likeness (QED) is 0.275. The second-order valence-corrected chi connectivity index (χ2v) is 13.5. The fourth-order valence-corrected chi connectivity index (χ4v) is 6.15. The summed E-state index contributed by atoms with van der Waals surface area (Å²) in [6.07, 6.45) is -0.265. The number of hydrogen-bond acceptors (Lipinski definition) is 9. The van der Waals surface area contributed by atoms with Crippen LogP contribution in [0, 0.1) is 23.4 Å². The Hall–Kier alpha value is -3.69.